The van der Waals surface area contributed by atoms with Crippen molar-refractivity contribution in [2.75, 3.05) is 11.9 Å². The van der Waals surface area contributed by atoms with Gasteiger partial charge in [0.1, 0.15) is 0 Å². The first-order valence-corrected chi connectivity index (χ1v) is 7.90. The van der Waals surface area contributed by atoms with Gasteiger partial charge in [0.2, 0.25) is 11.8 Å². The molecule has 21 heavy (non-hydrogen) atoms. The van der Waals surface area contributed by atoms with E-state index in [0.29, 0.717) is 11.6 Å². The van der Waals surface area contributed by atoms with Crippen molar-refractivity contribution >= 4 is 45.5 Å². The number of rotatable bonds is 7. The second-order valence-electron chi connectivity index (χ2n) is 4.29. The fourth-order valence-corrected chi connectivity index (χ4v) is 1.97. The third-order valence-corrected chi connectivity index (χ3v) is 2.97. The first-order valence-electron chi connectivity index (χ1n) is 6.61. The minimum absolute atomic E-state index is 0.0407. The van der Waals surface area contributed by atoms with Crippen molar-refractivity contribution in [2.24, 2.45) is 5.73 Å². The Morgan fingerprint density at radius 1 is 1.33 bits per heavy atom. The highest BCUT2D eigenvalue weighted by molar-refractivity contribution is 7.80. The van der Waals surface area contributed by atoms with Crippen molar-refractivity contribution in [3.05, 3.63) is 11.6 Å². The fraction of sp³-hybridized carbons (Fsp3) is 0.538. The maximum Gasteiger partial charge on any atom is 0.226 e. The standard InChI is InChI=1S/C11H17N3OS2.C2H5NO/c1-9(16)12-6-4-2-3-5-10(15)14-11-13-7-8-17-11;1-2(3)4/h7-8H,2-6H2,1H3,(H,12,16)(H,13,14,15);1H3,(H2,3,4). The minimum atomic E-state index is -0.333. The number of nitrogens with one attached hydrogen (secondary N) is 2. The van der Waals surface area contributed by atoms with Crippen LogP contribution in [-0.4, -0.2) is 28.3 Å². The molecule has 0 aliphatic rings. The van der Waals surface area contributed by atoms with Gasteiger partial charge in [0.15, 0.2) is 5.13 Å². The summed E-state index contributed by atoms with van der Waals surface area (Å²) in [6.07, 6.45) is 5.20. The molecule has 0 fully saturated rings. The summed E-state index contributed by atoms with van der Waals surface area (Å²) in [5, 5.41) is 8.37. The van der Waals surface area contributed by atoms with Crippen LogP contribution < -0.4 is 16.4 Å². The highest BCUT2D eigenvalue weighted by Gasteiger charge is 2.03. The molecule has 0 aliphatic carbocycles. The highest BCUT2D eigenvalue weighted by atomic mass is 32.1. The average molecular weight is 330 g/mol. The van der Waals surface area contributed by atoms with E-state index in [1.807, 2.05) is 12.3 Å². The number of unbranched alkanes of at least 4 members (excludes halogenated alkanes) is 2. The summed E-state index contributed by atoms with van der Waals surface area (Å²) in [6.45, 7) is 4.07. The van der Waals surface area contributed by atoms with Crippen LogP contribution >= 0.6 is 23.6 Å². The van der Waals surface area contributed by atoms with Crippen molar-refractivity contribution in [3.8, 4) is 0 Å². The Labute approximate surface area is 134 Å². The summed E-state index contributed by atoms with van der Waals surface area (Å²) in [5.74, 6) is -0.293. The molecule has 0 radical (unpaired) electrons. The zero-order valence-electron chi connectivity index (χ0n) is 12.3. The largest absolute Gasteiger partial charge is 0.380 e. The van der Waals surface area contributed by atoms with Gasteiger partial charge in [0.05, 0.1) is 4.99 Å². The van der Waals surface area contributed by atoms with Crippen LogP contribution in [0.1, 0.15) is 39.5 Å². The molecule has 0 bridgehead atoms. The molecule has 4 N–H and O–H groups in total. The van der Waals surface area contributed by atoms with E-state index in [4.69, 9.17) is 12.2 Å². The number of thiocarbonyl (C=S) groups is 1. The first kappa shape index (κ1) is 19.5. The lowest BCUT2D eigenvalue weighted by Gasteiger charge is -2.04. The average Bonchev–Trinajstić information content (AvgIpc) is 2.85. The van der Waals surface area contributed by atoms with Crippen molar-refractivity contribution in [1.29, 1.82) is 0 Å². The van der Waals surface area contributed by atoms with Gasteiger partial charge in [-0.15, -0.1) is 11.3 Å². The van der Waals surface area contributed by atoms with Crippen LogP contribution in [0.5, 0.6) is 0 Å². The third-order valence-electron chi connectivity index (χ3n) is 2.13. The number of aromatic nitrogens is 1. The number of hydrogen-bond acceptors (Lipinski definition) is 5. The number of nitrogens with two attached hydrogens (primary N) is 1. The summed E-state index contributed by atoms with van der Waals surface area (Å²) in [5.41, 5.74) is 4.47. The summed E-state index contributed by atoms with van der Waals surface area (Å²) in [7, 11) is 0. The van der Waals surface area contributed by atoms with Gasteiger partial charge in [-0.3, -0.25) is 9.59 Å². The molecule has 0 unspecified atom stereocenters. The van der Waals surface area contributed by atoms with Gasteiger partial charge in [-0.1, -0.05) is 18.6 Å². The van der Waals surface area contributed by atoms with Gasteiger partial charge in [-0.05, 0) is 19.8 Å². The molecule has 1 heterocycles. The summed E-state index contributed by atoms with van der Waals surface area (Å²) >= 11 is 6.33. The van der Waals surface area contributed by atoms with E-state index in [2.05, 4.69) is 21.4 Å². The van der Waals surface area contributed by atoms with Gasteiger partial charge in [-0.25, -0.2) is 4.98 Å². The molecular weight excluding hydrogens is 308 g/mol. The molecule has 0 aromatic carbocycles. The molecule has 1 rings (SSSR count). The maximum atomic E-state index is 11.5. The second kappa shape index (κ2) is 12.2. The van der Waals surface area contributed by atoms with Crippen LogP contribution in [0.4, 0.5) is 5.13 Å². The zero-order valence-corrected chi connectivity index (χ0v) is 14.0. The number of anilines is 1. The van der Waals surface area contributed by atoms with Crippen LogP contribution in [-0.2, 0) is 9.59 Å². The quantitative estimate of drug-likeness (QED) is 0.525. The highest BCUT2D eigenvalue weighted by Crippen LogP contribution is 2.11. The van der Waals surface area contributed by atoms with Crippen LogP contribution in [0.3, 0.4) is 0 Å². The predicted octanol–water partition coefficient (Wildman–Crippen LogP) is 2.07. The van der Waals surface area contributed by atoms with Crippen LogP contribution in [0, 0.1) is 0 Å². The lowest BCUT2D eigenvalue weighted by molar-refractivity contribution is -0.117. The molecule has 8 heteroatoms. The normalized spacial score (nSPS) is 9.24. The van der Waals surface area contributed by atoms with E-state index in [-0.39, 0.29) is 11.8 Å². The van der Waals surface area contributed by atoms with E-state index in [0.717, 1.165) is 30.8 Å². The molecule has 1 aromatic rings. The zero-order chi connectivity index (χ0) is 16.1. The van der Waals surface area contributed by atoms with Crippen molar-refractivity contribution in [2.45, 2.75) is 39.5 Å². The van der Waals surface area contributed by atoms with E-state index in [1.54, 1.807) is 6.20 Å². The van der Waals surface area contributed by atoms with E-state index in [9.17, 15) is 9.59 Å². The van der Waals surface area contributed by atoms with Crippen molar-refractivity contribution < 1.29 is 9.59 Å². The van der Waals surface area contributed by atoms with Gasteiger partial charge in [0.25, 0.3) is 0 Å². The molecular formula is C13H22N4O2S2. The Hall–Kier alpha value is -1.54. The lowest BCUT2D eigenvalue weighted by Crippen LogP contribution is -2.19. The number of thiazole rings is 1. The van der Waals surface area contributed by atoms with E-state index >= 15 is 0 Å². The fourth-order valence-electron chi connectivity index (χ4n) is 1.32. The number of primary amides is 1. The number of carbonyl (C=O) groups is 2. The van der Waals surface area contributed by atoms with Gasteiger partial charge in [0, 0.05) is 31.5 Å². The summed E-state index contributed by atoms with van der Waals surface area (Å²) < 4.78 is 0. The number of amides is 2. The number of hydrogen-bond donors (Lipinski definition) is 3. The van der Waals surface area contributed by atoms with Crippen LogP contribution in [0.2, 0.25) is 0 Å². The predicted molar refractivity (Wildman–Crippen MR) is 90.4 cm³/mol. The first-order chi connectivity index (χ1) is 9.91. The van der Waals surface area contributed by atoms with E-state index < -0.39 is 0 Å². The third kappa shape index (κ3) is 14.7. The Morgan fingerprint density at radius 3 is 2.52 bits per heavy atom. The van der Waals surface area contributed by atoms with Crippen LogP contribution in [0.15, 0.2) is 11.6 Å². The lowest BCUT2D eigenvalue weighted by atomic mass is 10.2. The Morgan fingerprint density at radius 2 is 2.00 bits per heavy atom. The molecule has 0 aliphatic heterocycles. The van der Waals surface area contributed by atoms with Gasteiger partial charge >= 0.3 is 0 Å². The van der Waals surface area contributed by atoms with Crippen LogP contribution in [0.25, 0.3) is 0 Å². The summed E-state index contributed by atoms with van der Waals surface area (Å²) in [4.78, 5) is 25.5. The number of carbonyl (C=O) groups excluding carboxylic acids is 2. The Bertz CT molecular complexity index is 431. The number of nitrogens with zero attached hydrogens (tertiary/aromatic N) is 1. The maximum absolute atomic E-state index is 11.5. The molecule has 118 valence electrons. The second-order valence-corrected chi connectivity index (χ2v) is 5.80. The van der Waals surface area contributed by atoms with E-state index in [1.165, 1.54) is 18.3 Å². The summed E-state index contributed by atoms with van der Waals surface area (Å²) in [6, 6.07) is 0. The molecule has 1 aromatic heterocycles. The molecule has 0 saturated carbocycles. The topological polar surface area (TPSA) is 97.1 Å². The molecule has 0 saturated heterocycles. The monoisotopic (exact) mass is 330 g/mol. The van der Waals surface area contributed by atoms with Gasteiger partial charge in [-0.2, -0.15) is 0 Å². The smallest absolute Gasteiger partial charge is 0.226 e. The van der Waals surface area contributed by atoms with Gasteiger partial charge < -0.3 is 16.4 Å². The molecule has 0 spiro atoms. The molecule has 6 nitrogen and oxygen atoms in total. The van der Waals surface area contributed by atoms with Crippen molar-refractivity contribution in [3.63, 3.8) is 0 Å². The van der Waals surface area contributed by atoms with Crippen molar-refractivity contribution in [1.82, 2.24) is 10.3 Å². The molecule has 2 amide bonds. The Balaban J connectivity index is 0.000000885. The SMILES string of the molecule is CC(=S)NCCCCCC(=O)Nc1nccs1.CC(N)=O. The minimum Gasteiger partial charge on any atom is -0.380 e. The Kier molecular flexibility index (Phi) is 11.3. The molecule has 0 atom stereocenters.